The SMILES string of the molecule is COc1cc(OC)cc(C(=O)N2CCCC2c2nncn2CC(C)C)c1. The molecule has 1 amide bonds. The molecule has 1 saturated heterocycles. The number of hydrogen-bond acceptors (Lipinski definition) is 5. The Balaban J connectivity index is 1.89. The number of benzene rings is 1. The van der Waals surface area contributed by atoms with E-state index in [4.69, 9.17) is 9.47 Å². The second kappa shape index (κ2) is 7.76. The maximum absolute atomic E-state index is 13.2. The molecular weight excluding hydrogens is 332 g/mol. The fourth-order valence-corrected chi connectivity index (χ4v) is 3.43. The van der Waals surface area contributed by atoms with Crippen molar-refractivity contribution in [3.05, 3.63) is 35.9 Å². The van der Waals surface area contributed by atoms with Crippen molar-refractivity contribution in [3.8, 4) is 11.5 Å². The number of likely N-dealkylation sites (tertiary alicyclic amines) is 1. The first-order valence-electron chi connectivity index (χ1n) is 8.95. The lowest BCUT2D eigenvalue weighted by molar-refractivity contribution is 0.0726. The van der Waals surface area contributed by atoms with Crippen molar-refractivity contribution in [1.82, 2.24) is 19.7 Å². The molecule has 7 heteroatoms. The fourth-order valence-electron chi connectivity index (χ4n) is 3.43. The first-order chi connectivity index (χ1) is 12.5. The molecule has 0 bridgehead atoms. The van der Waals surface area contributed by atoms with E-state index in [9.17, 15) is 4.79 Å². The van der Waals surface area contributed by atoms with Crippen molar-refractivity contribution >= 4 is 5.91 Å². The number of nitrogens with zero attached hydrogens (tertiary/aromatic N) is 4. The minimum atomic E-state index is -0.0547. The monoisotopic (exact) mass is 358 g/mol. The number of carbonyl (C=O) groups excluding carboxylic acids is 1. The highest BCUT2D eigenvalue weighted by Crippen LogP contribution is 2.33. The summed E-state index contributed by atoms with van der Waals surface area (Å²) < 4.78 is 12.7. The Morgan fingerprint density at radius 1 is 1.23 bits per heavy atom. The third-order valence-electron chi connectivity index (χ3n) is 4.62. The Morgan fingerprint density at radius 3 is 2.54 bits per heavy atom. The molecule has 1 aliphatic rings. The number of amides is 1. The number of ether oxygens (including phenoxy) is 2. The predicted molar refractivity (Wildman–Crippen MR) is 97.4 cm³/mol. The molecule has 1 aliphatic heterocycles. The summed E-state index contributed by atoms with van der Waals surface area (Å²) in [7, 11) is 3.16. The maximum Gasteiger partial charge on any atom is 0.254 e. The molecule has 140 valence electrons. The van der Waals surface area contributed by atoms with Crippen LogP contribution in [0.4, 0.5) is 0 Å². The van der Waals surface area contributed by atoms with E-state index in [0.717, 1.165) is 25.2 Å². The van der Waals surface area contributed by atoms with Gasteiger partial charge in [-0.25, -0.2) is 0 Å². The zero-order valence-corrected chi connectivity index (χ0v) is 15.8. The topological polar surface area (TPSA) is 69.5 Å². The molecule has 2 heterocycles. The van der Waals surface area contributed by atoms with Crippen LogP contribution < -0.4 is 9.47 Å². The highest BCUT2D eigenvalue weighted by molar-refractivity contribution is 5.95. The van der Waals surface area contributed by atoms with Gasteiger partial charge in [0.05, 0.1) is 20.3 Å². The van der Waals surface area contributed by atoms with E-state index in [1.807, 2.05) is 4.90 Å². The highest BCUT2D eigenvalue weighted by Gasteiger charge is 2.34. The molecule has 1 aromatic carbocycles. The van der Waals surface area contributed by atoms with E-state index in [-0.39, 0.29) is 11.9 Å². The number of methoxy groups -OCH3 is 2. The van der Waals surface area contributed by atoms with Gasteiger partial charge in [-0.05, 0) is 30.9 Å². The Bertz CT molecular complexity index is 750. The quantitative estimate of drug-likeness (QED) is 0.794. The average molecular weight is 358 g/mol. The van der Waals surface area contributed by atoms with Crippen LogP contribution in [-0.2, 0) is 6.54 Å². The highest BCUT2D eigenvalue weighted by atomic mass is 16.5. The maximum atomic E-state index is 13.2. The van der Waals surface area contributed by atoms with Crippen molar-refractivity contribution in [1.29, 1.82) is 0 Å². The van der Waals surface area contributed by atoms with Gasteiger partial charge in [-0.2, -0.15) is 0 Å². The van der Waals surface area contributed by atoms with E-state index in [0.29, 0.717) is 29.5 Å². The van der Waals surface area contributed by atoms with Crippen LogP contribution in [0.25, 0.3) is 0 Å². The largest absolute Gasteiger partial charge is 0.497 e. The van der Waals surface area contributed by atoms with Gasteiger partial charge in [-0.3, -0.25) is 4.79 Å². The molecule has 1 aromatic heterocycles. The van der Waals surface area contributed by atoms with E-state index < -0.39 is 0 Å². The third kappa shape index (κ3) is 3.66. The van der Waals surface area contributed by atoms with Crippen molar-refractivity contribution in [2.45, 2.75) is 39.3 Å². The lowest BCUT2D eigenvalue weighted by Crippen LogP contribution is -2.32. The molecular formula is C19H26N4O3. The third-order valence-corrected chi connectivity index (χ3v) is 4.62. The summed E-state index contributed by atoms with van der Waals surface area (Å²) in [6, 6.07) is 5.20. The van der Waals surface area contributed by atoms with Gasteiger partial charge in [0.1, 0.15) is 17.8 Å². The van der Waals surface area contributed by atoms with Crippen LogP contribution in [-0.4, -0.2) is 46.3 Å². The summed E-state index contributed by atoms with van der Waals surface area (Å²) in [4.78, 5) is 15.1. The average Bonchev–Trinajstić information content (AvgIpc) is 3.28. The Morgan fingerprint density at radius 2 is 1.92 bits per heavy atom. The van der Waals surface area contributed by atoms with Crippen LogP contribution >= 0.6 is 0 Å². The van der Waals surface area contributed by atoms with E-state index in [1.165, 1.54) is 0 Å². The van der Waals surface area contributed by atoms with Crippen LogP contribution in [0, 0.1) is 5.92 Å². The van der Waals surface area contributed by atoms with Crippen molar-refractivity contribution < 1.29 is 14.3 Å². The standard InChI is InChI=1S/C19H26N4O3/c1-13(2)11-22-12-20-21-18(22)17-6-5-7-23(17)19(24)14-8-15(25-3)10-16(9-14)26-4/h8-10,12-13,17H,5-7,11H2,1-4H3. The van der Waals surface area contributed by atoms with Crippen molar-refractivity contribution in [2.75, 3.05) is 20.8 Å². The van der Waals surface area contributed by atoms with Crippen LogP contribution in [0.3, 0.4) is 0 Å². The van der Waals surface area contributed by atoms with Crippen LogP contribution in [0.2, 0.25) is 0 Å². The molecule has 0 N–H and O–H groups in total. The Hall–Kier alpha value is -2.57. The molecule has 0 saturated carbocycles. The molecule has 7 nitrogen and oxygen atoms in total. The first kappa shape index (κ1) is 18.2. The minimum Gasteiger partial charge on any atom is -0.497 e. The number of aromatic nitrogens is 3. The molecule has 1 fully saturated rings. The summed E-state index contributed by atoms with van der Waals surface area (Å²) in [5.41, 5.74) is 0.558. The van der Waals surface area contributed by atoms with Gasteiger partial charge in [0.15, 0.2) is 5.82 Å². The summed E-state index contributed by atoms with van der Waals surface area (Å²) in [6.07, 6.45) is 3.60. The van der Waals surface area contributed by atoms with Gasteiger partial charge in [0.25, 0.3) is 5.91 Å². The number of hydrogen-bond donors (Lipinski definition) is 0. The van der Waals surface area contributed by atoms with E-state index in [1.54, 1.807) is 38.7 Å². The fraction of sp³-hybridized carbons (Fsp3) is 0.526. The van der Waals surface area contributed by atoms with Crippen molar-refractivity contribution in [2.24, 2.45) is 5.92 Å². The molecule has 26 heavy (non-hydrogen) atoms. The van der Waals surface area contributed by atoms with Gasteiger partial charge in [0.2, 0.25) is 0 Å². The zero-order valence-electron chi connectivity index (χ0n) is 15.8. The second-order valence-electron chi connectivity index (χ2n) is 6.99. The summed E-state index contributed by atoms with van der Waals surface area (Å²) in [5, 5.41) is 8.39. The Labute approximate surface area is 153 Å². The molecule has 3 rings (SSSR count). The lowest BCUT2D eigenvalue weighted by atomic mass is 10.1. The molecule has 2 aromatic rings. The number of rotatable bonds is 6. The number of carbonyl (C=O) groups is 1. The van der Waals surface area contributed by atoms with Crippen LogP contribution in [0.15, 0.2) is 24.5 Å². The lowest BCUT2D eigenvalue weighted by Gasteiger charge is -2.25. The molecule has 0 radical (unpaired) electrons. The molecule has 1 unspecified atom stereocenters. The predicted octanol–water partition coefficient (Wildman–Crippen LogP) is 2.93. The summed E-state index contributed by atoms with van der Waals surface area (Å²) in [6.45, 7) is 5.86. The summed E-state index contributed by atoms with van der Waals surface area (Å²) >= 11 is 0. The molecule has 1 atom stereocenters. The first-order valence-corrected chi connectivity index (χ1v) is 8.95. The second-order valence-corrected chi connectivity index (χ2v) is 6.99. The summed E-state index contributed by atoms with van der Waals surface area (Å²) in [5.74, 6) is 2.51. The van der Waals surface area contributed by atoms with Gasteiger partial charge in [0, 0.05) is 24.7 Å². The Kier molecular flexibility index (Phi) is 5.44. The van der Waals surface area contributed by atoms with E-state index in [2.05, 4.69) is 28.6 Å². The smallest absolute Gasteiger partial charge is 0.254 e. The zero-order chi connectivity index (χ0) is 18.7. The van der Waals surface area contributed by atoms with Gasteiger partial charge < -0.3 is 18.9 Å². The van der Waals surface area contributed by atoms with E-state index >= 15 is 0 Å². The van der Waals surface area contributed by atoms with Gasteiger partial charge in [-0.15, -0.1) is 10.2 Å². The van der Waals surface area contributed by atoms with Crippen molar-refractivity contribution in [3.63, 3.8) is 0 Å². The normalized spacial score (nSPS) is 17.0. The van der Waals surface area contributed by atoms with Crippen LogP contribution in [0.1, 0.15) is 48.9 Å². The molecule has 0 spiro atoms. The van der Waals surface area contributed by atoms with Gasteiger partial charge in [-0.1, -0.05) is 13.8 Å². The van der Waals surface area contributed by atoms with Crippen LogP contribution in [0.5, 0.6) is 11.5 Å². The van der Waals surface area contributed by atoms with Gasteiger partial charge >= 0.3 is 0 Å². The molecule has 0 aliphatic carbocycles. The minimum absolute atomic E-state index is 0.0382.